The zero-order chi connectivity index (χ0) is 36.0. The third kappa shape index (κ3) is 18.9. The third-order valence-corrected chi connectivity index (χ3v) is 13.3. The van der Waals surface area contributed by atoms with E-state index in [9.17, 15) is 4.79 Å². The first-order valence-electron chi connectivity index (χ1n) is 18.8. The molecule has 50 heavy (non-hydrogen) atoms. The first kappa shape index (κ1) is 44.0. The molecule has 0 N–H and O–H groups in total. The molecule has 0 bridgehead atoms. The molecule has 9 nitrogen and oxygen atoms in total. The lowest BCUT2D eigenvalue weighted by Gasteiger charge is -2.43. The van der Waals surface area contributed by atoms with E-state index in [1.54, 1.807) is 0 Å². The summed E-state index contributed by atoms with van der Waals surface area (Å²) in [6.45, 7) is 15.7. The smallest absolute Gasteiger partial charge is 0.305 e. The number of ether oxygens (including phenoxy) is 7. The monoisotopic (exact) mass is 718 g/mol. The van der Waals surface area contributed by atoms with Gasteiger partial charge in [-0.1, -0.05) is 127 Å². The highest BCUT2D eigenvalue weighted by atomic mass is 28.4. The molecule has 0 aliphatic rings. The fraction of sp³-hybridized carbons (Fsp3) is 0.675. The molecule has 0 spiro atoms. The summed E-state index contributed by atoms with van der Waals surface area (Å²) in [5.41, 5.74) is 0. The average Bonchev–Trinajstić information content (AvgIpc) is 3.12. The van der Waals surface area contributed by atoms with Gasteiger partial charge in [-0.15, -0.1) is 0 Å². The lowest BCUT2D eigenvalue weighted by atomic mass is 10.1. The van der Waals surface area contributed by atoms with Gasteiger partial charge >= 0.3 is 5.97 Å². The third-order valence-electron chi connectivity index (χ3n) is 8.30. The van der Waals surface area contributed by atoms with Gasteiger partial charge in [-0.25, -0.2) is 0 Å². The molecule has 0 unspecified atom stereocenters. The predicted octanol–water partition coefficient (Wildman–Crippen LogP) is 6.35. The standard InChI is InChI=1S/C40H66O9Si/c1-5-6-7-8-9-10-17-22-39(41)48-35-33-46-31-29-44-27-25-42-23-24-43-26-28-45-30-32-47-34-36-49-50(40(2,3)4,37-18-13-11-14-19-37)38-20-15-12-16-21-38/h11-16,18-21H,5-10,17,22-36H2,1-4H3. The van der Waals surface area contributed by atoms with E-state index in [2.05, 4.69) is 88.4 Å². The number of esters is 1. The van der Waals surface area contributed by atoms with E-state index in [1.807, 2.05) is 0 Å². The number of unbranched alkanes of at least 4 members (excludes halogenated alkanes) is 6. The molecule has 0 fully saturated rings. The van der Waals surface area contributed by atoms with Gasteiger partial charge in [-0.05, 0) is 21.8 Å². The lowest BCUT2D eigenvalue weighted by Crippen LogP contribution is -2.66. The van der Waals surface area contributed by atoms with Crippen molar-refractivity contribution in [2.75, 3.05) is 92.5 Å². The molecule has 0 radical (unpaired) electrons. The highest BCUT2D eigenvalue weighted by molar-refractivity contribution is 6.99. The number of rotatable bonds is 32. The van der Waals surface area contributed by atoms with Crippen LogP contribution in [0, 0.1) is 0 Å². The zero-order valence-corrected chi connectivity index (χ0v) is 32.5. The van der Waals surface area contributed by atoms with E-state index < -0.39 is 8.32 Å². The minimum absolute atomic E-state index is 0.0555. The van der Waals surface area contributed by atoms with Crippen LogP contribution in [0.4, 0.5) is 0 Å². The molecule has 0 aliphatic carbocycles. The van der Waals surface area contributed by atoms with Gasteiger partial charge in [0.25, 0.3) is 8.32 Å². The second kappa shape index (κ2) is 28.4. The van der Waals surface area contributed by atoms with Crippen LogP contribution in [0.15, 0.2) is 60.7 Å². The molecule has 0 aromatic heterocycles. The zero-order valence-electron chi connectivity index (χ0n) is 31.5. The van der Waals surface area contributed by atoms with Crippen LogP contribution >= 0.6 is 0 Å². The summed E-state index contributed by atoms with van der Waals surface area (Å²) in [6, 6.07) is 21.3. The molecule has 10 heteroatoms. The number of carbonyl (C=O) groups excluding carboxylic acids is 1. The maximum absolute atomic E-state index is 11.8. The summed E-state index contributed by atoms with van der Waals surface area (Å²) < 4.78 is 45.6. The number of hydrogen-bond donors (Lipinski definition) is 0. The van der Waals surface area contributed by atoms with Gasteiger partial charge in [0.05, 0.1) is 85.9 Å². The van der Waals surface area contributed by atoms with Crippen molar-refractivity contribution in [3.8, 4) is 0 Å². The highest BCUT2D eigenvalue weighted by Crippen LogP contribution is 2.36. The van der Waals surface area contributed by atoms with E-state index >= 15 is 0 Å². The van der Waals surface area contributed by atoms with Crippen LogP contribution in [-0.2, 0) is 42.4 Å². The van der Waals surface area contributed by atoms with E-state index in [4.69, 9.17) is 37.6 Å². The van der Waals surface area contributed by atoms with Crippen molar-refractivity contribution in [2.24, 2.45) is 0 Å². The van der Waals surface area contributed by atoms with Crippen LogP contribution in [0.5, 0.6) is 0 Å². The molecule has 0 saturated heterocycles. The van der Waals surface area contributed by atoms with Gasteiger partial charge in [-0.2, -0.15) is 0 Å². The Balaban J connectivity index is 1.37. The second-order valence-corrected chi connectivity index (χ2v) is 17.6. The summed E-state index contributed by atoms with van der Waals surface area (Å²) >= 11 is 0. The van der Waals surface area contributed by atoms with E-state index in [0.29, 0.717) is 92.3 Å². The van der Waals surface area contributed by atoms with Crippen molar-refractivity contribution in [1.82, 2.24) is 0 Å². The Morgan fingerprint density at radius 3 is 1.26 bits per heavy atom. The fourth-order valence-corrected chi connectivity index (χ4v) is 10.3. The molecule has 2 rings (SSSR count). The second-order valence-electron chi connectivity index (χ2n) is 13.3. The van der Waals surface area contributed by atoms with Gasteiger partial charge in [0.15, 0.2) is 0 Å². The molecular formula is C40H66O9Si. The van der Waals surface area contributed by atoms with Crippen molar-refractivity contribution in [3.05, 3.63) is 60.7 Å². The van der Waals surface area contributed by atoms with Crippen molar-refractivity contribution >= 4 is 24.7 Å². The van der Waals surface area contributed by atoms with E-state index in [0.717, 1.165) is 12.8 Å². The summed E-state index contributed by atoms with van der Waals surface area (Å²) in [5.74, 6) is -0.137. The Bertz CT molecular complexity index is 1030. The molecule has 0 heterocycles. The topological polar surface area (TPSA) is 90.9 Å². The Morgan fingerprint density at radius 2 is 0.860 bits per heavy atom. The van der Waals surface area contributed by atoms with Crippen molar-refractivity contribution in [1.29, 1.82) is 0 Å². The molecule has 0 aliphatic heterocycles. The van der Waals surface area contributed by atoms with Gasteiger partial charge in [0.2, 0.25) is 0 Å². The van der Waals surface area contributed by atoms with Crippen LogP contribution in [0.25, 0.3) is 0 Å². The molecule has 0 saturated carbocycles. The summed E-state index contributed by atoms with van der Waals surface area (Å²) in [7, 11) is -2.54. The van der Waals surface area contributed by atoms with Crippen LogP contribution < -0.4 is 10.4 Å². The largest absolute Gasteiger partial charge is 0.463 e. The fourth-order valence-electron chi connectivity index (χ4n) is 5.73. The van der Waals surface area contributed by atoms with Crippen LogP contribution in [0.2, 0.25) is 5.04 Å². The number of carbonyl (C=O) groups is 1. The van der Waals surface area contributed by atoms with Crippen molar-refractivity contribution in [2.45, 2.75) is 84.1 Å². The predicted molar refractivity (Wildman–Crippen MR) is 202 cm³/mol. The number of benzene rings is 2. The van der Waals surface area contributed by atoms with Crippen LogP contribution in [-0.4, -0.2) is 107 Å². The van der Waals surface area contributed by atoms with Gasteiger partial charge < -0.3 is 37.6 Å². The molecule has 2 aromatic carbocycles. The molecule has 2 aromatic rings. The lowest BCUT2D eigenvalue weighted by molar-refractivity contribution is -0.145. The van der Waals surface area contributed by atoms with Gasteiger partial charge in [0.1, 0.15) is 6.61 Å². The van der Waals surface area contributed by atoms with Crippen LogP contribution in [0.3, 0.4) is 0 Å². The molecular weight excluding hydrogens is 653 g/mol. The number of hydrogen-bond acceptors (Lipinski definition) is 9. The summed E-state index contributed by atoms with van der Waals surface area (Å²) in [6.07, 6.45) is 8.81. The first-order valence-corrected chi connectivity index (χ1v) is 20.7. The van der Waals surface area contributed by atoms with Gasteiger partial charge in [0, 0.05) is 6.42 Å². The Hall–Kier alpha value is -2.15. The molecule has 284 valence electrons. The van der Waals surface area contributed by atoms with Crippen molar-refractivity contribution in [3.63, 3.8) is 0 Å². The van der Waals surface area contributed by atoms with E-state index in [1.165, 1.54) is 42.5 Å². The summed E-state index contributed by atoms with van der Waals surface area (Å²) in [4.78, 5) is 11.8. The maximum atomic E-state index is 11.8. The van der Waals surface area contributed by atoms with Gasteiger partial charge in [-0.3, -0.25) is 4.79 Å². The Kier molecular flexibility index (Phi) is 25.0. The minimum Gasteiger partial charge on any atom is -0.463 e. The summed E-state index contributed by atoms with van der Waals surface area (Å²) in [5, 5.41) is 2.48. The molecule has 0 atom stereocenters. The first-order chi connectivity index (χ1) is 24.4. The van der Waals surface area contributed by atoms with Crippen molar-refractivity contribution < 1.29 is 42.4 Å². The van der Waals surface area contributed by atoms with Crippen LogP contribution in [0.1, 0.15) is 79.1 Å². The maximum Gasteiger partial charge on any atom is 0.305 e. The Labute approximate surface area is 303 Å². The normalized spacial score (nSPS) is 12.0. The highest BCUT2D eigenvalue weighted by Gasteiger charge is 2.50. The minimum atomic E-state index is -2.54. The Morgan fingerprint density at radius 1 is 0.500 bits per heavy atom. The quantitative estimate of drug-likeness (QED) is 0.0488. The van der Waals surface area contributed by atoms with E-state index in [-0.39, 0.29) is 17.6 Å². The SMILES string of the molecule is CCCCCCCCCC(=O)OCCOCCOCCOCCOCCOCCOCCO[Si](c1ccccc1)(c1ccccc1)C(C)(C)C. The average molecular weight is 719 g/mol. The molecule has 0 amide bonds.